The lowest BCUT2D eigenvalue weighted by Gasteiger charge is -2.36. The van der Waals surface area contributed by atoms with E-state index >= 15 is 0 Å². The Bertz CT molecular complexity index is 404. The van der Waals surface area contributed by atoms with Crippen LogP contribution in [0.2, 0.25) is 0 Å². The highest BCUT2D eigenvalue weighted by atomic mass is 19.4. The van der Waals surface area contributed by atoms with Gasteiger partial charge in [-0.3, -0.25) is 4.90 Å². The maximum atomic E-state index is 12.8. The molecule has 5 nitrogen and oxygen atoms in total. The molecule has 0 aromatic heterocycles. The first kappa shape index (κ1) is 19.0. The van der Waals surface area contributed by atoms with Gasteiger partial charge in [0.15, 0.2) is 0 Å². The molecule has 1 aliphatic heterocycles. The second-order valence-corrected chi connectivity index (χ2v) is 6.92. The highest BCUT2D eigenvalue weighted by Gasteiger charge is 2.49. The summed E-state index contributed by atoms with van der Waals surface area (Å²) in [6, 6.07) is -0.802. The fourth-order valence-electron chi connectivity index (χ4n) is 2.38. The van der Waals surface area contributed by atoms with E-state index in [4.69, 9.17) is 14.6 Å². The van der Waals surface area contributed by atoms with Crippen molar-refractivity contribution in [1.29, 1.82) is 0 Å². The third kappa shape index (κ3) is 4.74. The molecule has 1 heterocycles. The molecule has 0 aromatic rings. The average Bonchev–Trinajstić information content (AvgIpc) is 2.57. The van der Waals surface area contributed by atoms with Crippen molar-refractivity contribution in [3.63, 3.8) is 0 Å². The molecular formula is C14H24F3NO4. The van der Waals surface area contributed by atoms with Gasteiger partial charge >= 0.3 is 12.3 Å². The first-order valence-corrected chi connectivity index (χ1v) is 7.12. The maximum Gasteiger partial charge on any atom is 0.412 e. The molecule has 1 rings (SSSR count). The van der Waals surface area contributed by atoms with Crippen LogP contribution in [-0.4, -0.2) is 52.9 Å². The van der Waals surface area contributed by atoms with E-state index in [1.807, 2.05) is 0 Å². The number of alkyl halides is 3. The summed E-state index contributed by atoms with van der Waals surface area (Å²) in [6.45, 7) is 7.17. The van der Waals surface area contributed by atoms with Crippen LogP contribution >= 0.6 is 0 Å². The Labute approximate surface area is 128 Å². The topological polar surface area (TPSA) is 59.0 Å². The fraction of sp³-hybridized carbons (Fsp3) is 0.929. The van der Waals surface area contributed by atoms with Crippen LogP contribution < -0.4 is 0 Å². The molecule has 0 unspecified atom stereocenters. The summed E-state index contributed by atoms with van der Waals surface area (Å²) < 4.78 is 49.2. The summed E-state index contributed by atoms with van der Waals surface area (Å²) >= 11 is 0. The Morgan fingerprint density at radius 1 is 1.41 bits per heavy atom. The highest BCUT2D eigenvalue weighted by molar-refractivity contribution is 5.69. The van der Waals surface area contributed by atoms with Gasteiger partial charge in [-0.1, -0.05) is 0 Å². The number of ether oxygens (including phenoxy) is 2. The Balaban J connectivity index is 2.92. The van der Waals surface area contributed by atoms with Gasteiger partial charge in [-0.25, -0.2) is 4.79 Å². The van der Waals surface area contributed by atoms with E-state index in [2.05, 4.69) is 0 Å². The number of aliphatic hydroxyl groups is 1. The van der Waals surface area contributed by atoms with Crippen LogP contribution in [-0.2, 0) is 9.47 Å². The first-order valence-electron chi connectivity index (χ1n) is 7.12. The zero-order chi connectivity index (χ0) is 17.3. The predicted octanol–water partition coefficient (Wildman–Crippen LogP) is 2.92. The quantitative estimate of drug-likeness (QED) is 0.866. The molecular weight excluding hydrogens is 303 g/mol. The van der Waals surface area contributed by atoms with Gasteiger partial charge in [0.1, 0.15) is 11.3 Å². The second kappa shape index (κ2) is 6.23. The molecule has 1 aliphatic rings. The van der Waals surface area contributed by atoms with Crippen LogP contribution in [0.4, 0.5) is 18.0 Å². The van der Waals surface area contributed by atoms with E-state index in [0.29, 0.717) is 0 Å². The molecule has 0 saturated carbocycles. The molecule has 2 atom stereocenters. The van der Waals surface area contributed by atoms with Crippen LogP contribution in [0.3, 0.4) is 0 Å². The lowest BCUT2D eigenvalue weighted by atomic mass is 9.99. The van der Waals surface area contributed by atoms with Crippen LogP contribution in [0.25, 0.3) is 0 Å². The average molecular weight is 327 g/mol. The number of halogens is 3. The van der Waals surface area contributed by atoms with Crippen LogP contribution in [0.5, 0.6) is 0 Å². The number of amides is 1. The van der Waals surface area contributed by atoms with Crippen molar-refractivity contribution >= 4 is 6.09 Å². The van der Waals surface area contributed by atoms with Gasteiger partial charge in [0.2, 0.25) is 0 Å². The van der Waals surface area contributed by atoms with E-state index in [1.165, 1.54) is 4.90 Å². The van der Waals surface area contributed by atoms with Crippen molar-refractivity contribution in [3.8, 4) is 0 Å². The van der Waals surface area contributed by atoms with E-state index in [9.17, 15) is 18.0 Å². The van der Waals surface area contributed by atoms with Crippen LogP contribution in [0.15, 0.2) is 0 Å². The third-order valence-electron chi connectivity index (χ3n) is 3.40. The highest BCUT2D eigenvalue weighted by Crippen LogP contribution is 2.36. The molecule has 1 fully saturated rings. The standard InChI is InChI=1S/C14H24F3NO4/c1-12(2,3)22-11(20)18-10(8-21-13(18,4)5)6-9(7-19)14(15,16)17/h9-10,19H,6-8H2,1-5H3/t9-,10-/m1/s1. The van der Waals surface area contributed by atoms with Gasteiger partial charge in [0.25, 0.3) is 0 Å². The molecule has 0 bridgehead atoms. The minimum absolute atomic E-state index is 0.0289. The Morgan fingerprint density at radius 3 is 2.36 bits per heavy atom. The molecule has 0 aliphatic carbocycles. The SMILES string of the molecule is CC(C)(C)OC(=O)N1[C@H](C[C@H](CO)C(F)(F)F)COC1(C)C. The monoisotopic (exact) mass is 327 g/mol. The van der Waals surface area contributed by atoms with Crippen LogP contribution in [0.1, 0.15) is 41.0 Å². The zero-order valence-electron chi connectivity index (χ0n) is 13.5. The minimum Gasteiger partial charge on any atom is -0.444 e. The minimum atomic E-state index is -4.53. The number of hydrogen-bond acceptors (Lipinski definition) is 4. The number of carbonyl (C=O) groups excluding carboxylic acids is 1. The molecule has 0 radical (unpaired) electrons. The van der Waals surface area contributed by atoms with Gasteiger partial charge in [-0.2, -0.15) is 13.2 Å². The zero-order valence-corrected chi connectivity index (χ0v) is 13.5. The Morgan fingerprint density at radius 2 is 1.95 bits per heavy atom. The first-order chi connectivity index (χ1) is 9.78. The number of carbonyl (C=O) groups is 1. The van der Waals surface area contributed by atoms with Crippen molar-refractivity contribution in [2.45, 2.75) is 64.6 Å². The van der Waals surface area contributed by atoms with Gasteiger partial charge in [-0.05, 0) is 41.0 Å². The van der Waals surface area contributed by atoms with Gasteiger partial charge in [0, 0.05) is 0 Å². The lowest BCUT2D eigenvalue weighted by molar-refractivity contribution is -0.188. The predicted molar refractivity (Wildman–Crippen MR) is 73.1 cm³/mol. The summed E-state index contributed by atoms with van der Waals surface area (Å²) in [5.74, 6) is -1.90. The summed E-state index contributed by atoms with van der Waals surface area (Å²) in [6.07, 6.45) is -5.68. The van der Waals surface area contributed by atoms with Crippen molar-refractivity contribution in [1.82, 2.24) is 4.90 Å². The van der Waals surface area contributed by atoms with E-state index < -0.39 is 48.6 Å². The third-order valence-corrected chi connectivity index (χ3v) is 3.40. The molecule has 0 spiro atoms. The van der Waals surface area contributed by atoms with Crippen LogP contribution in [0, 0.1) is 5.92 Å². The molecule has 22 heavy (non-hydrogen) atoms. The summed E-state index contributed by atoms with van der Waals surface area (Å²) in [7, 11) is 0. The van der Waals surface area contributed by atoms with E-state index in [-0.39, 0.29) is 6.61 Å². The molecule has 8 heteroatoms. The summed E-state index contributed by atoms with van der Waals surface area (Å²) in [5.41, 5.74) is -1.82. The lowest BCUT2D eigenvalue weighted by Crippen LogP contribution is -2.51. The van der Waals surface area contributed by atoms with E-state index in [1.54, 1.807) is 34.6 Å². The summed E-state index contributed by atoms with van der Waals surface area (Å²) in [5, 5.41) is 8.97. The van der Waals surface area contributed by atoms with Gasteiger partial charge < -0.3 is 14.6 Å². The molecule has 1 saturated heterocycles. The second-order valence-electron chi connectivity index (χ2n) is 6.92. The number of nitrogens with zero attached hydrogens (tertiary/aromatic N) is 1. The molecule has 1 amide bonds. The number of hydrogen-bond donors (Lipinski definition) is 1. The van der Waals surface area contributed by atoms with Crippen molar-refractivity contribution in [2.75, 3.05) is 13.2 Å². The number of rotatable bonds is 3. The molecule has 130 valence electrons. The van der Waals surface area contributed by atoms with Gasteiger partial charge in [0.05, 0.1) is 25.2 Å². The van der Waals surface area contributed by atoms with Crippen molar-refractivity contribution in [2.24, 2.45) is 5.92 Å². The fourth-order valence-corrected chi connectivity index (χ4v) is 2.38. The molecule has 0 aromatic carbocycles. The Kier molecular flexibility index (Phi) is 5.39. The smallest absolute Gasteiger partial charge is 0.412 e. The van der Waals surface area contributed by atoms with Crippen molar-refractivity contribution < 1.29 is 32.5 Å². The largest absolute Gasteiger partial charge is 0.444 e. The normalized spacial score (nSPS) is 23.5. The maximum absolute atomic E-state index is 12.8. The van der Waals surface area contributed by atoms with E-state index in [0.717, 1.165) is 0 Å². The Hall–Kier alpha value is -1.02. The summed E-state index contributed by atoms with van der Waals surface area (Å²) in [4.78, 5) is 13.5. The van der Waals surface area contributed by atoms with Crippen molar-refractivity contribution in [3.05, 3.63) is 0 Å². The molecule has 1 N–H and O–H groups in total. The number of aliphatic hydroxyl groups excluding tert-OH is 1. The van der Waals surface area contributed by atoms with Gasteiger partial charge in [-0.15, -0.1) is 0 Å².